The quantitative estimate of drug-likeness (QED) is 0.141. The molecular formula is C23H49N2O5P. The van der Waals surface area contributed by atoms with E-state index in [-0.39, 0.29) is 25.7 Å². The minimum atomic E-state index is -4.30. The third-order valence-corrected chi connectivity index (χ3v) is 6.19. The molecule has 0 aromatic carbocycles. The summed E-state index contributed by atoms with van der Waals surface area (Å²) in [6.45, 7) is 2.96. The van der Waals surface area contributed by atoms with Crippen molar-refractivity contribution >= 4 is 13.7 Å². The molecule has 1 unspecified atom stereocenters. The normalized spacial score (nSPS) is 13.8. The van der Waals surface area contributed by atoms with Crippen LogP contribution in [0.5, 0.6) is 0 Å². The van der Waals surface area contributed by atoms with Crippen molar-refractivity contribution in [3.8, 4) is 0 Å². The molecule has 0 aliphatic heterocycles. The Kier molecular flexibility index (Phi) is 18.8. The fourth-order valence-electron chi connectivity index (χ4n) is 3.20. The van der Waals surface area contributed by atoms with Crippen LogP contribution in [0.3, 0.4) is 0 Å². The van der Waals surface area contributed by atoms with Crippen LogP contribution in [0.1, 0.15) is 96.8 Å². The molecule has 0 spiro atoms. The smallest absolute Gasteiger partial charge is 0.268 e. The molecule has 1 amide bonds. The number of hydrogen-bond donors (Lipinski definition) is 1. The van der Waals surface area contributed by atoms with Gasteiger partial charge in [-0.25, -0.2) is 0 Å². The lowest BCUT2D eigenvalue weighted by Gasteiger charge is -2.27. The van der Waals surface area contributed by atoms with Gasteiger partial charge in [0.05, 0.1) is 27.7 Å². The Balaban J connectivity index is 3.44. The van der Waals surface area contributed by atoms with Gasteiger partial charge in [0.15, 0.2) is 0 Å². The molecular weight excluding hydrogens is 415 g/mol. The van der Waals surface area contributed by atoms with E-state index in [1.807, 2.05) is 21.1 Å². The van der Waals surface area contributed by atoms with Crippen LogP contribution in [-0.2, 0) is 18.4 Å². The van der Waals surface area contributed by atoms with E-state index in [1.165, 1.54) is 70.6 Å². The van der Waals surface area contributed by atoms with Crippen molar-refractivity contribution in [2.24, 2.45) is 0 Å². The van der Waals surface area contributed by atoms with Crippen LogP contribution in [0.4, 0.5) is 0 Å². The molecule has 0 aliphatic carbocycles. The topological polar surface area (TPSA) is 87.7 Å². The largest absolute Gasteiger partial charge is 0.756 e. The predicted molar refractivity (Wildman–Crippen MR) is 126 cm³/mol. The molecule has 0 saturated heterocycles. The molecule has 0 rings (SSSR count). The van der Waals surface area contributed by atoms with Gasteiger partial charge in [0.2, 0.25) is 5.91 Å². The maximum atomic E-state index is 11.8. The molecule has 0 saturated carbocycles. The van der Waals surface area contributed by atoms with E-state index in [0.717, 1.165) is 12.8 Å². The molecule has 0 aromatic rings. The highest BCUT2D eigenvalue weighted by Crippen LogP contribution is 2.37. The monoisotopic (exact) mass is 464 g/mol. The Morgan fingerprint density at radius 2 is 1.26 bits per heavy atom. The van der Waals surface area contributed by atoms with E-state index >= 15 is 0 Å². The highest BCUT2D eigenvalue weighted by Gasteiger charge is 2.13. The van der Waals surface area contributed by atoms with Gasteiger partial charge in [-0.15, -0.1) is 0 Å². The van der Waals surface area contributed by atoms with E-state index in [9.17, 15) is 14.3 Å². The van der Waals surface area contributed by atoms with Crippen LogP contribution in [-0.4, -0.2) is 57.8 Å². The lowest BCUT2D eigenvalue weighted by Crippen LogP contribution is -2.37. The lowest BCUT2D eigenvalue weighted by molar-refractivity contribution is -0.870. The third kappa shape index (κ3) is 24.0. The number of unbranched alkanes of at least 4 members (excludes halogenated alkanes) is 12. The lowest BCUT2D eigenvalue weighted by atomic mass is 10.0. The number of hydrogen-bond acceptors (Lipinski definition) is 5. The summed E-state index contributed by atoms with van der Waals surface area (Å²) in [5, 5.41) is 2.70. The minimum absolute atomic E-state index is 0.0571. The maximum absolute atomic E-state index is 11.8. The van der Waals surface area contributed by atoms with Gasteiger partial charge in [-0.1, -0.05) is 84.0 Å². The minimum Gasteiger partial charge on any atom is -0.756 e. The number of phosphoric acid groups is 1. The Hall–Kier alpha value is -0.460. The molecule has 1 N–H and O–H groups in total. The molecule has 31 heavy (non-hydrogen) atoms. The van der Waals surface area contributed by atoms with E-state index in [1.54, 1.807) is 0 Å². The van der Waals surface area contributed by atoms with Crippen LogP contribution < -0.4 is 10.2 Å². The summed E-state index contributed by atoms with van der Waals surface area (Å²) in [5.41, 5.74) is 0. The van der Waals surface area contributed by atoms with Crippen LogP contribution in [0.2, 0.25) is 0 Å². The third-order valence-electron chi connectivity index (χ3n) is 5.19. The predicted octanol–water partition coefficient (Wildman–Crippen LogP) is 4.79. The molecule has 0 bridgehead atoms. The van der Waals surface area contributed by atoms with Gasteiger partial charge in [-0.05, 0) is 6.42 Å². The Bertz CT molecular complexity index is 483. The Labute approximate surface area is 191 Å². The molecule has 0 heterocycles. The Morgan fingerprint density at radius 3 is 1.74 bits per heavy atom. The van der Waals surface area contributed by atoms with Crippen molar-refractivity contribution in [1.82, 2.24) is 5.32 Å². The molecule has 186 valence electrons. The number of phosphoric ester groups is 1. The first-order valence-corrected chi connectivity index (χ1v) is 13.8. The molecule has 0 aliphatic rings. The highest BCUT2D eigenvalue weighted by molar-refractivity contribution is 7.45. The summed E-state index contributed by atoms with van der Waals surface area (Å²) < 4.78 is 21.8. The highest BCUT2D eigenvalue weighted by atomic mass is 31.2. The molecule has 0 fully saturated rings. The second-order valence-electron chi connectivity index (χ2n) is 9.47. The number of nitrogens with one attached hydrogen (secondary N) is 1. The zero-order chi connectivity index (χ0) is 23.4. The summed E-state index contributed by atoms with van der Waals surface area (Å²) in [6, 6.07) is 0. The summed E-state index contributed by atoms with van der Waals surface area (Å²) in [6.07, 6.45) is 17.1. The van der Waals surface area contributed by atoms with Crippen LogP contribution >= 0.6 is 7.82 Å². The number of rotatable bonds is 22. The van der Waals surface area contributed by atoms with Gasteiger partial charge in [0.1, 0.15) is 13.2 Å². The van der Waals surface area contributed by atoms with E-state index in [2.05, 4.69) is 12.2 Å². The van der Waals surface area contributed by atoms with Crippen LogP contribution in [0.25, 0.3) is 0 Å². The number of carbonyl (C=O) groups is 1. The van der Waals surface area contributed by atoms with Gasteiger partial charge in [-0.2, -0.15) is 0 Å². The van der Waals surface area contributed by atoms with Gasteiger partial charge in [0.25, 0.3) is 7.82 Å². The summed E-state index contributed by atoms with van der Waals surface area (Å²) in [7, 11) is 1.55. The first-order valence-electron chi connectivity index (χ1n) is 12.3. The fourth-order valence-corrected chi connectivity index (χ4v) is 3.90. The Morgan fingerprint density at radius 1 is 0.806 bits per heavy atom. The van der Waals surface area contributed by atoms with Crippen molar-refractivity contribution < 1.29 is 27.8 Å². The molecule has 7 nitrogen and oxygen atoms in total. The van der Waals surface area contributed by atoms with Crippen molar-refractivity contribution in [1.29, 1.82) is 0 Å². The average molecular weight is 465 g/mol. The second kappa shape index (κ2) is 19.0. The molecule has 0 aromatic heterocycles. The van der Waals surface area contributed by atoms with Crippen molar-refractivity contribution in [3.05, 3.63) is 0 Å². The van der Waals surface area contributed by atoms with Crippen molar-refractivity contribution in [3.63, 3.8) is 0 Å². The van der Waals surface area contributed by atoms with Crippen LogP contribution in [0, 0.1) is 0 Å². The first kappa shape index (κ1) is 30.5. The SMILES string of the molecule is CCCCCCCCCCCCCCCC(=O)NCCOP(=O)([O-])OCC[N+](C)(C)C. The first-order chi connectivity index (χ1) is 14.7. The van der Waals surface area contributed by atoms with Gasteiger partial charge >= 0.3 is 0 Å². The molecule has 8 heteroatoms. The second-order valence-corrected chi connectivity index (χ2v) is 10.9. The molecule has 0 radical (unpaired) electrons. The molecule has 1 atom stereocenters. The van der Waals surface area contributed by atoms with Gasteiger partial charge < -0.3 is 23.7 Å². The number of nitrogens with zero attached hydrogens (tertiary/aromatic N) is 1. The standard InChI is InChI=1S/C23H49N2O5P/c1-5-6-7-8-9-10-11-12-13-14-15-16-17-18-23(26)24-19-21-29-31(27,28)30-22-20-25(2,3)4/h5-22H2,1-4H3,(H-,24,26,27,28). The zero-order valence-corrected chi connectivity index (χ0v) is 21.6. The number of likely N-dealkylation sites (N-methyl/N-ethyl adjacent to an activating group) is 1. The summed E-state index contributed by atoms with van der Waals surface area (Å²) in [5.74, 6) is -0.0571. The summed E-state index contributed by atoms with van der Waals surface area (Å²) >= 11 is 0. The van der Waals surface area contributed by atoms with E-state index in [0.29, 0.717) is 17.4 Å². The number of amides is 1. The van der Waals surface area contributed by atoms with E-state index in [4.69, 9.17) is 9.05 Å². The van der Waals surface area contributed by atoms with Crippen molar-refractivity contribution in [2.75, 3.05) is 47.4 Å². The zero-order valence-electron chi connectivity index (χ0n) is 20.7. The maximum Gasteiger partial charge on any atom is 0.268 e. The number of quaternary nitrogens is 1. The fraction of sp³-hybridized carbons (Fsp3) is 0.957. The number of carbonyl (C=O) groups excluding carboxylic acids is 1. The van der Waals surface area contributed by atoms with Crippen LogP contribution in [0.15, 0.2) is 0 Å². The van der Waals surface area contributed by atoms with E-state index < -0.39 is 7.82 Å². The van der Waals surface area contributed by atoms with Crippen molar-refractivity contribution in [2.45, 2.75) is 96.8 Å². The summed E-state index contributed by atoms with van der Waals surface area (Å²) in [4.78, 5) is 23.4. The average Bonchev–Trinajstić information content (AvgIpc) is 2.67. The van der Waals surface area contributed by atoms with Gasteiger partial charge in [-0.3, -0.25) is 9.36 Å². The van der Waals surface area contributed by atoms with Gasteiger partial charge in [0, 0.05) is 13.0 Å².